The van der Waals surface area contributed by atoms with Gasteiger partial charge in [0, 0.05) is 6.42 Å². The Morgan fingerprint density at radius 1 is 1.27 bits per heavy atom. The molecule has 0 spiro atoms. The quantitative estimate of drug-likeness (QED) is 0.356. The molecular weight excluding hydrogens is 157 g/mol. The van der Waals surface area contributed by atoms with Crippen LogP contribution in [0.4, 0.5) is 4.11 Å². The molecule has 1 nitrogen and oxygen atoms in total. The first-order valence-corrected chi connectivity index (χ1v) is 7.20. The molecule has 0 rings (SSSR count). The normalized spacial score (nSPS) is 11.1. The van der Waals surface area contributed by atoms with Gasteiger partial charge >= 0.3 is 0 Å². The second-order valence-corrected chi connectivity index (χ2v) is 7.37. The number of rotatable bonds is 5. The van der Waals surface area contributed by atoms with E-state index in [0.29, 0.717) is 6.42 Å². The molecule has 0 radical (unpaired) electrons. The van der Waals surface area contributed by atoms with Crippen LogP contribution in [0.2, 0.25) is 19.1 Å². The zero-order valence-electron chi connectivity index (χ0n) is 7.36. The van der Waals surface area contributed by atoms with E-state index in [1.165, 1.54) is 0 Å². The summed E-state index contributed by atoms with van der Waals surface area (Å²) in [6, 6.07) is 2.83. The minimum Gasteiger partial charge on any atom is -0.314 e. The third kappa shape index (κ3) is 9.64. The van der Waals surface area contributed by atoms with E-state index in [2.05, 4.69) is 6.07 Å². The third-order valence-corrected chi connectivity index (χ3v) is 3.10. The number of nitrogens with zero attached hydrogens (tertiary/aromatic N) is 1. The molecule has 0 aliphatic rings. The van der Waals surface area contributed by atoms with Gasteiger partial charge in [-0.2, -0.15) is 5.26 Å². The van der Waals surface area contributed by atoms with Crippen LogP contribution in [0.25, 0.3) is 0 Å². The Bertz CT molecular complexity index is 134. The standard InChI is InChI=1S/C8H16FNSi/c1-11(2,9)8-6-4-3-5-7-10/h3-6,8H2,1-2H3. The molecule has 0 amide bonds. The Hall–Kier alpha value is -0.363. The van der Waals surface area contributed by atoms with Crippen molar-refractivity contribution >= 4 is 8.41 Å². The molecule has 0 aromatic carbocycles. The topological polar surface area (TPSA) is 23.8 Å². The molecule has 0 aliphatic carbocycles. The average molecular weight is 173 g/mol. The van der Waals surface area contributed by atoms with Crippen LogP contribution >= 0.6 is 0 Å². The highest BCUT2D eigenvalue weighted by atomic mass is 28.4. The van der Waals surface area contributed by atoms with Crippen LogP contribution in [-0.4, -0.2) is 8.41 Å². The number of hydrogen-bond acceptors (Lipinski definition) is 1. The Balaban J connectivity index is 3.10. The van der Waals surface area contributed by atoms with Crippen molar-refractivity contribution in [2.75, 3.05) is 0 Å². The van der Waals surface area contributed by atoms with E-state index in [-0.39, 0.29) is 0 Å². The van der Waals surface area contributed by atoms with Gasteiger partial charge in [0.15, 0.2) is 0 Å². The van der Waals surface area contributed by atoms with Crippen molar-refractivity contribution in [3.8, 4) is 6.07 Å². The lowest BCUT2D eigenvalue weighted by atomic mass is 10.2. The van der Waals surface area contributed by atoms with Gasteiger partial charge in [0.05, 0.1) is 6.07 Å². The fourth-order valence-corrected chi connectivity index (χ4v) is 2.02. The van der Waals surface area contributed by atoms with Crippen LogP contribution in [-0.2, 0) is 0 Å². The van der Waals surface area contributed by atoms with Crippen LogP contribution in [0.15, 0.2) is 0 Å². The highest BCUT2D eigenvalue weighted by Crippen LogP contribution is 2.15. The summed E-state index contributed by atoms with van der Waals surface area (Å²) in [5, 5.41) is 8.21. The Kier molecular flexibility index (Phi) is 5.13. The van der Waals surface area contributed by atoms with E-state index < -0.39 is 8.41 Å². The number of unbranched alkanes of at least 4 members (excludes halogenated alkanes) is 3. The van der Waals surface area contributed by atoms with Gasteiger partial charge in [-0.1, -0.05) is 12.8 Å². The molecule has 11 heavy (non-hydrogen) atoms. The maximum atomic E-state index is 13.0. The van der Waals surface area contributed by atoms with Gasteiger partial charge < -0.3 is 4.11 Å². The van der Waals surface area contributed by atoms with Crippen molar-refractivity contribution in [3.63, 3.8) is 0 Å². The van der Waals surface area contributed by atoms with Crippen molar-refractivity contribution in [2.24, 2.45) is 0 Å². The molecule has 0 N–H and O–H groups in total. The molecule has 0 fully saturated rings. The minimum atomic E-state index is -2.30. The van der Waals surface area contributed by atoms with E-state index >= 15 is 0 Å². The summed E-state index contributed by atoms with van der Waals surface area (Å²) in [5.41, 5.74) is 0. The van der Waals surface area contributed by atoms with Crippen molar-refractivity contribution in [1.29, 1.82) is 5.26 Å². The summed E-state index contributed by atoms with van der Waals surface area (Å²) in [4.78, 5) is 0. The summed E-state index contributed by atoms with van der Waals surface area (Å²) in [7, 11) is -2.30. The van der Waals surface area contributed by atoms with E-state index in [1.807, 2.05) is 0 Å². The van der Waals surface area contributed by atoms with E-state index in [9.17, 15) is 4.11 Å². The fourth-order valence-electron chi connectivity index (χ4n) is 0.926. The summed E-state index contributed by atoms with van der Waals surface area (Å²) >= 11 is 0. The summed E-state index contributed by atoms with van der Waals surface area (Å²) in [6.07, 6.45) is 3.51. The maximum absolute atomic E-state index is 13.0. The lowest BCUT2D eigenvalue weighted by molar-refractivity contribution is 0.696. The first kappa shape index (κ1) is 10.6. The maximum Gasteiger partial charge on any atom is 0.240 e. The molecular formula is C8H16FNSi. The Labute approximate surface area is 69.4 Å². The smallest absolute Gasteiger partial charge is 0.240 e. The zero-order valence-corrected chi connectivity index (χ0v) is 8.36. The van der Waals surface area contributed by atoms with Crippen LogP contribution in [0.3, 0.4) is 0 Å². The van der Waals surface area contributed by atoms with Gasteiger partial charge in [-0.3, -0.25) is 0 Å². The number of hydrogen-bond donors (Lipinski definition) is 0. The predicted molar refractivity (Wildman–Crippen MR) is 47.5 cm³/mol. The molecule has 0 heterocycles. The highest BCUT2D eigenvalue weighted by Gasteiger charge is 2.18. The molecule has 0 saturated carbocycles. The molecule has 0 unspecified atom stereocenters. The summed E-state index contributed by atoms with van der Waals surface area (Å²) in [5.74, 6) is 0. The van der Waals surface area contributed by atoms with E-state index in [4.69, 9.17) is 5.26 Å². The second-order valence-electron chi connectivity index (χ2n) is 3.44. The summed E-state index contributed by atoms with van der Waals surface area (Å²) < 4.78 is 13.0. The van der Waals surface area contributed by atoms with Crippen LogP contribution in [0.5, 0.6) is 0 Å². The Morgan fingerprint density at radius 2 is 1.91 bits per heavy atom. The molecule has 0 aromatic heterocycles. The van der Waals surface area contributed by atoms with Crippen molar-refractivity contribution < 1.29 is 4.11 Å². The van der Waals surface area contributed by atoms with Gasteiger partial charge in [0.2, 0.25) is 8.41 Å². The van der Waals surface area contributed by atoms with Crippen molar-refractivity contribution in [3.05, 3.63) is 0 Å². The predicted octanol–water partition coefficient (Wildman–Crippen LogP) is 3.24. The molecule has 0 aromatic rings. The Morgan fingerprint density at radius 3 is 2.36 bits per heavy atom. The first-order chi connectivity index (χ1) is 5.06. The largest absolute Gasteiger partial charge is 0.314 e. The SMILES string of the molecule is C[Si](C)(F)CCCCCC#N. The van der Waals surface area contributed by atoms with Crippen LogP contribution in [0.1, 0.15) is 25.7 Å². The van der Waals surface area contributed by atoms with Gasteiger partial charge in [-0.15, -0.1) is 0 Å². The van der Waals surface area contributed by atoms with Gasteiger partial charge in [0.1, 0.15) is 0 Å². The molecule has 0 atom stereocenters. The molecule has 0 bridgehead atoms. The molecule has 0 saturated heterocycles. The third-order valence-electron chi connectivity index (χ3n) is 1.56. The van der Waals surface area contributed by atoms with Crippen LogP contribution < -0.4 is 0 Å². The molecule has 3 heteroatoms. The molecule has 64 valence electrons. The summed E-state index contributed by atoms with van der Waals surface area (Å²) in [6.45, 7) is 3.47. The lowest BCUT2D eigenvalue weighted by Gasteiger charge is -2.08. The van der Waals surface area contributed by atoms with Crippen LogP contribution in [0, 0.1) is 11.3 Å². The molecule has 0 aliphatic heterocycles. The second kappa shape index (κ2) is 5.31. The number of halogens is 1. The minimum absolute atomic E-state index is 0.619. The first-order valence-electron chi connectivity index (χ1n) is 4.12. The van der Waals surface area contributed by atoms with Crippen molar-refractivity contribution in [2.45, 2.75) is 44.8 Å². The van der Waals surface area contributed by atoms with Gasteiger partial charge in [-0.05, 0) is 25.6 Å². The highest BCUT2D eigenvalue weighted by molar-refractivity contribution is 6.70. The average Bonchev–Trinajstić information content (AvgIpc) is 1.85. The monoisotopic (exact) mass is 173 g/mol. The van der Waals surface area contributed by atoms with Gasteiger partial charge in [-0.25, -0.2) is 0 Å². The fraction of sp³-hybridized carbons (Fsp3) is 0.875. The lowest BCUT2D eigenvalue weighted by Crippen LogP contribution is -2.16. The van der Waals surface area contributed by atoms with Gasteiger partial charge in [0.25, 0.3) is 0 Å². The number of nitriles is 1. The zero-order chi connectivity index (χ0) is 8.74. The van der Waals surface area contributed by atoms with E-state index in [0.717, 1.165) is 25.3 Å². The van der Waals surface area contributed by atoms with E-state index in [1.54, 1.807) is 13.1 Å². The van der Waals surface area contributed by atoms with Crippen molar-refractivity contribution in [1.82, 2.24) is 0 Å².